The molecule has 1 nitrogen and oxygen atoms in total. The molecule has 1 atom stereocenters. The van der Waals surface area contributed by atoms with E-state index in [1.807, 2.05) is 12.1 Å². The molecule has 0 bridgehead atoms. The lowest BCUT2D eigenvalue weighted by molar-refractivity contribution is 0.232. The van der Waals surface area contributed by atoms with Gasteiger partial charge in [0, 0.05) is 19.0 Å². The van der Waals surface area contributed by atoms with Gasteiger partial charge in [-0.15, -0.1) is 12.3 Å². The highest BCUT2D eigenvalue weighted by Crippen LogP contribution is 2.37. The maximum Gasteiger partial charge on any atom is 0.123 e. The molecule has 1 N–H and O–H groups in total. The van der Waals surface area contributed by atoms with Crippen molar-refractivity contribution in [3.05, 3.63) is 35.6 Å². The summed E-state index contributed by atoms with van der Waals surface area (Å²) in [6.45, 7) is 0.828. The van der Waals surface area contributed by atoms with Crippen molar-refractivity contribution in [1.82, 2.24) is 5.32 Å². The monoisotopic (exact) mass is 231 g/mol. The maximum absolute atomic E-state index is 12.9. The third kappa shape index (κ3) is 3.08. The molecule has 0 aliphatic heterocycles. The van der Waals surface area contributed by atoms with E-state index in [1.54, 1.807) is 0 Å². The van der Waals surface area contributed by atoms with Gasteiger partial charge in [0.15, 0.2) is 0 Å². The van der Waals surface area contributed by atoms with Gasteiger partial charge in [-0.25, -0.2) is 4.39 Å². The van der Waals surface area contributed by atoms with E-state index in [0.717, 1.165) is 13.0 Å². The van der Waals surface area contributed by atoms with E-state index < -0.39 is 0 Å². The predicted octanol–water partition coefficient (Wildman–Crippen LogP) is 3.28. The summed E-state index contributed by atoms with van der Waals surface area (Å²) in [5, 5.41) is 3.49. The lowest BCUT2D eigenvalue weighted by Gasteiger charge is -2.34. The van der Waals surface area contributed by atoms with Gasteiger partial charge in [0.05, 0.1) is 0 Å². The average Bonchev–Trinajstić information content (AvgIpc) is 2.27. The first-order valence-electron chi connectivity index (χ1n) is 6.23. The fourth-order valence-electron chi connectivity index (χ4n) is 2.30. The number of halogens is 1. The molecule has 90 valence electrons. The zero-order valence-electron chi connectivity index (χ0n) is 9.95. The Morgan fingerprint density at radius 1 is 1.35 bits per heavy atom. The topological polar surface area (TPSA) is 12.0 Å². The van der Waals surface area contributed by atoms with Crippen molar-refractivity contribution < 1.29 is 4.39 Å². The van der Waals surface area contributed by atoms with E-state index in [4.69, 9.17) is 6.42 Å². The number of hydrogen-bond donors (Lipinski definition) is 1. The molecule has 1 aromatic rings. The molecule has 2 heteroatoms. The first kappa shape index (κ1) is 12.1. The van der Waals surface area contributed by atoms with E-state index in [-0.39, 0.29) is 5.82 Å². The Morgan fingerprint density at radius 3 is 2.59 bits per heavy atom. The molecule has 1 aliphatic carbocycles. The van der Waals surface area contributed by atoms with Gasteiger partial charge in [-0.3, -0.25) is 0 Å². The second-order valence-electron chi connectivity index (χ2n) is 4.63. The fraction of sp³-hybridized carbons (Fsp3) is 0.467. The zero-order valence-corrected chi connectivity index (χ0v) is 9.95. The smallest absolute Gasteiger partial charge is 0.123 e. The maximum atomic E-state index is 12.9. The van der Waals surface area contributed by atoms with Gasteiger partial charge in [-0.1, -0.05) is 18.6 Å². The van der Waals surface area contributed by atoms with Gasteiger partial charge in [0.1, 0.15) is 5.82 Å². The highest BCUT2D eigenvalue weighted by Gasteiger charge is 2.27. The largest absolute Gasteiger partial charge is 0.309 e. The summed E-state index contributed by atoms with van der Waals surface area (Å²) in [4.78, 5) is 0. The molecular formula is C15H18FN. The van der Waals surface area contributed by atoms with Crippen LogP contribution in [0.1, 0.15) is 37.3 Å². The van der Waals surface area contributed by atoms with Crippen molar-refractivity contribution in [3.63, 3.8) is 0 Å². The number of hydrogen-bond acceptors (Lipinski definition) is 1. The van der Waals surface area contributed by atoms with E-state index in [1.165, 1.54) is 37.0 Å². The van der Waals surface area contributed by atoms with Crippen LogP contribution in [-0.4, -0.2) is 6.54 Å². The zero-order chi connectivity index (χ0) is 12.1. The van der Waals surface area contributed by atoms with Crippen LogP contribution in [0.4, 0.5) is 4.39 Å². The third-order valence-electron chi connectivity index (χ3n) is 3.48. The van der Waals surface area contributed by atoms with Crippen molar-refractivity contribution in [3.8, 4) is 12.3 Å². The average molecular weight is 231 g/mol. The molecule has 0 aromatic heterocycles. The SMILES string of the molecule is C#CCCN[C@@H](c1ccc(F)cc1)C1CCC1. The minimum absolute atomic E-state index is 0.176. The molecule has 0 radical (unpaired) electrons. The summed E-state index contributed by atoms with van der Waals surface area (Å²) >= 11 is 0. The van der Waals surface area contributed by atoms with Crippen LogP contribution in [-0.2, 0) is 0 Å². The van der Waals surface area contributed by atoms with Gasteiger partial charge < -0.3 is 5.32 Å². The van der Waals surface area contributed by atoms with Crippen LogP contribution in [0.25, 0.3) is 0 Å². The Morgan fingerprint density at radius 2 is 2.06 bits per heavy atom. The molecule has 0 amide bonds. The highest BCUT2D eigenvalue weighted by molar-refractivity contribution is 5.21. The minimum Gasteiger partial charge on any atom is -0.309 e. The van der Waals surface area contributed by atoms with Gasteiger partial charge in [-0.05, 0) is 36.5 Å². The van der Waals surface area contributed by atoms with Crippen LogP contribution in [0.15, 0.2) is 24.3 Å². The van der Waals surface area contributed by atoms with Crippen LogP contribution in [0, 0.1) is 24.1 Å². The Balaban J connectivity index is 2.03. The molecule has 1 aliphatic rings. The summed E-state index contributed by atoms with van der Waals surface area (Å²) < 4.78 is 12.9. The third-order valence-corrected chi connectivity index (χ3v) is 3.48. The van der Waals surface area contributed by atoms with Crippen LogP contribution < -0.4 is 5.32 Å². The molecule has 17 heavy (non-hydrogen) atoms. The molecule has 0 heterocycles. The Labute approximate surface area is 102 Å². The van der Waals surface area contributed by atoms with Crippen molar-refractivity contribution in [2.45, 2.75) is 31.7 Å². The summed E-state index contributed by atoms with van der Waals surface area (Å²) in [6, 6.07) is 7.15. The van der Waals surface area contributed by atoms with E-state index in [9.17, 15) is 4.39 Å². The first-order chi connectivity index (χ1) is 8.31. The molecule has 2 rings (SSSR count). The van der Waals surface area contributed by atoms with Crippen LogP contribution in [0.5, 0.6) is 0 Å². The predicted molar refractivity (Wildman–Crippen MR) is 67.9 cm³/mol. The van der Waals surface area contributed by atoms with Crippen LogP contribution in [0.2, 0.25) is 0 Å². The number of rotatable bonds is 5. The molecule has 0 saturated heterocycles. The number of benzene rings is 1. The summed E-state index contributed by atoms with van der Waals surface area (Å²) in [5.74, 6) is 3.14. The van der Waals surface area contributed by atoms with Crippen molar-refractivity contribution in [2.75, 3.05) is 6.54 Å². The standard InChI is InChI=1S/C15H18FN/c1-2-3-11-17-15(12-5-4-6-12)13-7-9-14(16)10-8-13/h1,7-10,12,15,17H,3-6,11H2/t15-/m1/s1. The first-order valence-corrected chi connectivity index (χ1v) is 6.23. The molecule has 0 unspecified atom stereocenters. The second kappa shape index (κ2) is 5.84. The van der Waals surface area contributed by atoms with Gasteiger partial charge in [-0.2, -0.15) is 0 Å². The molecule has 1 aromatic carbocycles. The van der Waals surface area contributed by atoms with E-state index >= 15 is 0 Å². The molecule has 1 saturated carbocycles. The normalized spacial score (nSPS) is 17.2. The molecular weight excluding hydrogens is 213 g/mol. The quantitative estimate of drug-likeness (QED) is 0.605. The summed E-state index contributed by atoms with van der Waals surface area (Å²) in [7, 11) is 0. The Bertz CT molecular complexity index is 386. The van der Waals surface area contributed by atoms with Crippen LogP contribution in [0.3, 0.4) is 0 Å². The van der Waals surface area contributed by atoms with Crippen LogP contribution >= 0.6 is 0 Å². The molecule has 1 fully saturated rings. The van der Waals surface area contributed by atoms with E-state index in [2.05, 4.69) is 11.2 Å². The summed E-state index contributed by atoms with van der Waals surface area (Å²) in [6.07, 6.45) is 9.81. The Kier molecular flexibility index (Phi) is 4.17. The molecule has 0 spiro atoms. The van der Waals surface area contributed by atoms with Crippen molar-refractivity contribution in [2.24, 2.45) is 5.92 Å². The van der Waals surface area contributed by atoms with Crippen molar-refractivity contribution in [1.29, 1.82) is 0 Å². The van der Waals surface area contributed by atoms with Gasteiger partial charge >= 0.3 is 0 Å². The number of nitrogens with one attached hydrogen (secondary N) is 1. The van der Waals surface area contributed by atoms with Crippen molar-refractivity contribution >= 4 is 0 Å². The fourth-order valence-corrected chi connectivity index (χ4v) is 2.30. The summed E-state index contributed by atoms with van der Waals surface area (Å²) in [5.41, 5.74) is 1.17. The lowest BCUT2D eigenvalue weighted by atomic mass is 9.77. The number of terminal acetylenes is 1. The van der Waals surface area contributed by atoms with E-state index in [0.29, 0.717) is 12.0 Å². The lowest BCUT2D eigenvalue weighted by Crippen LogP contribution is -2.32. The second-order valence-corrected chi connectivity index (χ2v) is 4.63. The highest BCUT2D eigenvalue weighted by atomic mass is 19.1. The minimum atomic E-state index is -0.176. The van der Waals surface area contributed by atoms with Gasteiger partial charge in [0.2, 0.25) is 0 Å². The van der Waals surface area contributed by atoms with Gasteiger partial charge in [0.25, 0.3) is 0 Å². The Hall–Kier alpha value is -1.33.